The molecule has 1 fully saturated rings. The number of rotatable bonds is 3. The van der Waals surface area contributed by atoms with E-state index in [0.717, 1.165) is 12.1 Å². The molecule has 0 radical (unpaired) electrons. The first-order valence-corrected chi connectivity index (χ1v) is 7.14. The molecule has 1 aromatic rings. The van der Waals surface area contributed by atoms with Crippen LogP contribution in [0.4, 0.5) is 13.2 Å². The summed E-state index contributed by atoms with van der Waals surface area (Å²) in [6, 6.07) is 4.29. The summed E-state index contributed by atoms with van der Waals surface area (Å²) in [5.74, 6) is -0.259. The van der Waals surface area contributed by atoms with E-state index in [1.807, 2.05) is 0 Å². The van der Waals surface area contributed by atoms with Crippen molar-refractivity contribution in [2.24, 2.45) is 0 Å². The van der Waals surface area contributed by atoms with Crippen molar-refractivity contribution in [3.05, 3.63) is 35.4 Å². The highest BCUT2D eigenvalue weighted by Crippen LogP contribution is 2.29. The van der Waals surface area contributed by atoms with Crippen LogP contribution < -0.4 is 0 Å². The minimum Gasteiger partial charge on any atom is -0.392 e. The van der Waals surface area contributed by atoms with E-state index in [-0.39, 0.29) is 11.5 Å². The van der Waals surface area contributed by atoms with Crippen molar-refractivity contribution in [1.82, 2.24) is 9.80 Å². The second-order valence-electron chi connectivity index (χ2n) is 5.52. The maximum atomic E-state index is 12.5. The second-order valence-corrected chi connectivity index (χ2v) is 5.52. The van der Waals surface area contributed by atoms with Crippen LogP contribution in [0.5, 0.6) is 0 Å². The zero-order valence-electron chi connectivity index (χ0n) is 12.3. The summed E-state index contributed by atoms with van der Waals surface area (Å²) in [5, 5.41) is 9.34. The molecule has 0 aliphatic carbocycles. The third-order valence-electron chi connectivity index (χ3n) is 3.64. The molecule has 1 atom stereocenters. The first-order valence-electron chi connectivity index (χ1n) is 7.14. The Morgan fingerprint density at radius 3 is 2.18 bits per heavy atom. The molecule has 2 rings (SSSR count). The molecule has 1 aliphatic heterocycles. The van der Waals surface area contributed by atoms with E-state index in [1.54, 1.807) is 11.8 Å². The average molecular weight is 316 g/mol. The number of alkyl halides is 3. The average Bonchev–Trinajstić information content (AvgIpc) is 2.46. The number of halogens is 3. The molecular weight excluding hydrogens is 297 g/mol. The zero-order chi connectivity index (χ0) is 16.3. The predicted molar refractivity (Wildman–Crippen MR) is 75.5 cm³/mol. The fourth-order valence-electron chi connectivity index (χ4n) is 2.49. The number of aliphatic hydroxyl groups excluding tert-OH is 1. The number of amides is 1. The van der Waals surface area contributed by atoms with Crippen molar-refractivity contribution >= 4 is 5.91 Å². The molecule has 7 heteroatoms. The van der Waals surface area contributed by atoms with Gasteiger partial charge in [-0.1, -0.05) is 0 Å². The molecule has 0 bridgehead atoms. The monoisotopic (exact) mass is 316 g/mol. The van der Waals surface area contributed by atoms with Gasteiger partial charge in [0, 0.05) is 38.3 Å². The molecule has 1 unspecified atom stereocenters. The van der Waals surface area contributed by atoms with Crippen LogP contribution in [0.2, 0.25) is 0 Å². The van der Waals surface area contributed by atoms with Crippen molar-refractivity contribution in [2.45, 2.75) is 19.2 Å². The molecular formula is C15H19F3N2O2. The molecule has 1 heterocycles. The molecule has 1 saturated heterocycles. The van der Waals surface area contributed by atoms with E-state index in [9.17, 15) is 23.1 Å². The van der Waals surface area contributed by atoms with Gasteiger partial charge in [0.1, 0.15) is 0 Å². The van der Waals surface area contributed by atoms with E-state index in [4.69, 9.17) is 0 Å². The van der Waals surface area contributed by atoms with Crippen molar-refractivity contribution in [2.75, 3.05) is 32.7 Å². The Labute approximate surface area is 127 Å². The van der Waals surface area contributed by atoms with Crippen molar-refractivity contribution in [3.63, 3.8) is 0 Å². The number of piperazine rings is 1. The molecule has 0 saturated carbocycles. The predicted octanol–water partition coefficient (Wildman–Crippen LogP) is 1.84. The lowest BCUT2D eigenvalue weighted by Gasteiger charge is -2.35. The lowest BCUT2D eigenvalue weighted by Crippen LogP contribution is -2.50. The number of β-amino-alcohol motifs (C(OH)–C–C–N with tert-alkyl or cyclic N) is 1. The first-order chi connectivity index (χ1) is 10.3. The third kappa shape index (κ3) is 4.20. The lowest BCUT2D eigenvalue weighted by molar-refractivity contribution is -0.137. The van der Waals surface area contributed by atoms with Gasteiger partial charge in [0.05, 0.1) is 11.7 Å². The highest BCUT2D eigenvalue weighted by molar-refractivity contribution is 5.94. The number of carbonyl (C=O) groups is 1. The Bertz CT molecular complexity index is 507. The summed E-state index contributed by atoms with van der Waals surface area (Å²) in [6.45, 7) is 4.58. The van der Waals surface area contributed by atoms with Crippen LogP contribution in [0.25, 0.3) is 0 Å². The van der Waals surface area contributed by atoms with Gasteiger partial charge >= 0.3 is 6.18 Å². The Balaban J connectivity index is 1.95. The molecule has 122 valence electrons. The molecule has 0 aromatic heterocycles. The van der Waals surface area contributed by atoms with Crippen molar-refractivity contribution < 1.29 is 23.1 Å². The number of nitrogens with zero attached hydrogens (tertiary/aromatic N) is 2. The molecule has 1 N–H and O–H groups in total. The molecule has 0 spiro atoms. The van der Waals surface area contributed by atoms with Crippen LogP contribution in [0.1, 0.15) is 22.8 Å². The van der Waals surface area contributed by atoms with Gasteiger partial charge in [-0.2, -0.15) is 13.2 Å². The Kier molecular flexibility index (Phi) is 5.08. The quantitative estimate of drug-likeness (QED) is 0.925. The highest BCUT2D eigenvalue weighted by atomic mass is 19.4. The van der Waals surface area contributed by atoms with Gasteiger partial charge in [0.2, 0.25) is 0 Å². The van der Waals surface area contributed by atoms with E-state index < -0.39 is 17.8 Å². The standard InChI is InChI=1S/C15H19F3N2O2/c1-11(21)10-19-6-8-20(9-7-19)14(22)12-2-4-13(5-3-12)15(16,17)18/h2-5,11,21H,6-10H2,1H3. The maximum absolute atomic E-state index is 12.5. The summed E-state index contributed by atoms with van der Waals surface area (Å²) in [7, 11) is 0. The summed E-state index contributed by atoms with van der Waals surface area (Å²) in [5.41, 5.74) is -0.497. The summed E-state index contributed by atoms with van der Waals surface area (Å²) in [6.07, 6.45) is -4.81. The van der Waals surface area contributed by atoms with E-state index >= 15 is 0 Å². The van der Waals surface area contributed by atoms with Gasteiger partial charge < -0.3 is 10.0 Å². The fraction of sp³-hybridized carbons (Fsp3) is 0.533. The van der Waals surface area contributed by atoms with Gasteiger partial charge in [-0.25, -0.2) is 0 Å². The molecule has 1 aliphatic rings. The number of hydrogen-bond donors (Lipinski definition) is 1. The van der Waals surface area contributed by atoms with Crippen LogP contribution in [-0.2, 0) is 6.18 Å². The van der Waals surface area contributed by atoms with Gasteiger partial charge in [-0.3, -0.25) is 9.69 Å². The molecule has 1 amide bonds. The Morgan fingerprint density at radius 1 is 1.18 bits per heavy atom. The largest absolute Gasteiger partial charge is 0.416 e. The number of hydrogen-bond acceptors (Lipinski definition) is 3. The summed E-state index contributed by atoms with van der Waals surface area (Å²) < 4.78 is 37.5. The van der Waals surface area contributed by atoms with E-state index in [2.05, 4.69) is 4.90 Å². The third-order valence-corrected chi connectivity index (χ3v) is 3.64. The van der Waals surface area contributed by atoms with Gasteiger partial charge in [0.25, 0.3) is 5.91 Å². The minimum absolute atomic E-state index is 0.259. The van der Waals surface area contributed by atoms with Gasteiger partial charge in [-0.05, 0) is 31.2 Å². The van der Waals surface area contributed by atoms with E-state index in [1.165, 1.54) is 12.1 Å². The van der Waals surface area contributed by atoms with Crippen molar-refractivity contribution in [3.8, 4) is 0 Å². The number of aliphatic hydroxyl groups is 1. The topological polar surface area (TPSA) is 43.8 Å². The smallest absolute Gasteiger partial charge is 0.392 e. The SMILES string of the molecule is CC(O)CN1CCN(C(=O)c2ccc(C(F)(F)F)cc2)CC1. The minimum atomic E-state index is -4.39. The Morgan fingerprint density at radius 2 is 1.73 bits per heavy atom. The van der Waals surface area contributed by atoms with Gasteiger partial charge in [-0.15, -0.1) is 0 Å². The molecule has 1 aromatic carbocycles. The Hall–Kier alpha value is -1.60. The van der Waals surface area contributed by atoms with Crippen molar-refractivity contribution in [1.29, 1.82) is 0 Å². The number of benzene rings is 1. The van der Waals surface area contributed by atoms with Crippen LogP contribution in [0, 0.1) is 0 Å². The second kappa shape index (κ2) is 6.66. The van der Waals surface area contributed by atoms with Crippen LogP contribution in [0.15, 0.2) is 24.3 Å². The van der Waals surface area contributed by atoms with E-state index in [0.29, 0.717) is 32.7 Å². The normalized spacial score (nSPS) is 18.3. The highest BCUT2D eigenvalue weighted by Gasteiger charge is 2.30. The number of carbonyl (C=O) groups excluding carboxylic acids is 1. The van der Waals surface area contributed by atoms with Gasteiger partial charge in [0.15, 0.2) is 0 Å². The molecule has 22 heavy (non-hydrogen) atoms. The summed E-state index contributed by atoms with van der Waals surface area (Å²) >= 11 is 0. The maximum Gasteiger partial charge on any atom is 0.416 e. The fourth-order valence-corrected chi connectivity index (χ4v) is 2.49. The van der Waals surface area contributed by atoms with Crippen LogP contribution >= 0.6 is 0 Å². The summed E-state index contributed by atoms with van der Waals surface area (Å²) in [4.78, 5) is 15.9. The molecule has 4 nitrogen and oxygen atoms in total. The first kappa shape index (κ1) is 16.8. The van der Waals surface area contributed by atoms with Crippen LogP contribution in [-0.4, -0.2) is 59.6 Å². The van der Waals surface area contributed by atoms with Crippen LogP contribution in [0.3, 0.4) is 0 Å². The zero-order valence-corrected chi connectivity index (χ0v) is 12.3. The lowest BCUT2D eigenvalue weighted by atomic mass is 10.1.